The van der Waals surface area contributed by atoms with Crippen LogP contribution in [-0.2, 0) is 23.9 Å². The third-order valence-corrected chi connectivity index (χ3v) is 5.53. The van der Waals surface area contributed by atoms with Crippen molar-refractivity contribution in [1.29, 1.82) is 0 Å². The zero-order valence-electron chi connectivity index (χ0n) is 17.0. The molecule has 0 bridgehead atoms. The lowest BCUT2D eigenvalue weighted by Crippen LogP contribution is -2.67. The minimum absolute atomic E-state index is 0.255. The first-order chi connectivity index (χ1) is 15.0. The van der Waals surface area contributed by atoms with E-state index in [9.17, 15) is 19.5 Å². The fourth-order valence-electron chi connectivity index (χ4n) is 4.17. The molecule has 31 heavy (non-hydrogen) atoms. The molecular weight excluding hydrogens is 400 g/mol. The topological polar surface area (TPSA) is 96.4 Å². The van der Waals surface area contributed by atoms with Gasteiger partial charge >= 0.3 is 11.9 Å². The normalized spacial score (nSPS) is 23.7. The van der Waals surface area contributed by atoms with Crippen molar-refractivity contribution in [2.24, 2.45) is 0 Å². The van der Waals surface area contributed by atoms with Gasteiger partial charge in [-0.25, -0.2) is 4.79 Å². The Hall–Kier alpha value is -3.49. The molecule has 2 aromatic rings. The van der Waals surface area contributed by atoms with Crippen molar-refractivity contribution >= 4 is 29.1 Å². The van der Waals surface area contributed by atoms with Gasteiger partial charge in [0.25, 0.3) is 5.78 Å². The molecule has 0 aromatic heterocycles. The maximum absolute atomic E-state index is 13.5. The van der Waals surface area contributed by atoms with E-state index >= 15 is 0 Å². The lowest BCUT2D eigenvalue weighted by molar-refractivity contribution is -0.155. The van der Waals surface area contributed by atoms with Crippen molar-refractivity contribution in [3.05, 3.63) is 71.8 Å². The Balaban J connectivity index is 2.06. The van der Waals surface area contributed by atoms with E-state index in [0.29, 0.717) is 24.5 Å². The van der Waals surface area contributed by atoms with Gasteiger partial charge < -0.3 is 14.6 Å². The number of hydrogen-bond acceptors (Lipinski definition) is 7. The third kappa shape index (κ3) is 3.20. The number of methoxy groups -OCH3 is 1. The van der Waals surface area contributed by atoms with Gasteiger partial charge in [0.1, 0.15) is 11.3 Å². The largest absolute Gasteiger partial charge is 0.507 e. The number of esters is 1. The molecule has 2 aliphatic rings. The van der Waals surface area contributed by atoms with Crippen LogP contribution in [0.3, 0.4) is 0 Å². The number of ketones is 1. The number of Topliss-reactive ketones (excluding diaryl/α,β-unsaturated/α-hetero) is 1. The molecule has 2 heterocycles. The van der Waals surface area contributed by atoms with E-state index in [0.717, 1.165) is 4.90 Å². The van der Waals surface area contributed by atoms with Crippen LogP contribution in [0, 0.1) is 0 Å². The van der Waals surface area contributed by atoms with Crippen LogP contribution in [0.25, 0.3) is 5.76 Å². The van der Waals surface area contributed by atoms with Crippen molar-refractivity contribution in [2.75, 3.05) is 38.3 Å². The summed E-state index contributed by atoms with van der Waals surface area (Å²) in [6.07, 6.45) is 0. The highest BCUT2D eigenvalue weighted by Gasteiger charge is 2.66. The summed E-state index contributed by atoms with van der Waals surface area (Å²) in [6.45, 7) is 1.10. The van der Waals surface area contributed by atoms with Gasteiger partial charge in [-0.1, -0.05) is 48.5 Å². The summed E-state index contributed by atoms with van der Waals surface area (Å²) < 4.78 is 10.6. The summed E-state index contributed by atoms with van der Waals surface area (Å²) in [4.78, 5) is 42.8. The van der Waals surface area contributed by atoms with E-state index in [1.807, 2.05) is 0 Å². The number of aliphatic hydroxyl groups is 1. The molecule has 2 aromatic carbocycles. The number of benzene rings is 2. The van der Waals surface area contributed by atoms with Gasteiger partial charge in [0.05, 0.1) is 20.3 Å². The fourth-order valence-corrected chi connectivity index (χ4v) is 4.17. The second kappa shape index (κ2) is 8.33. The molecule has 0 spiro atoms. The Kier molecular flexibility index (Phi) is 5.58. The van der Waals surface area contributed by atoms with Crippen molar-refractivity contribution in [3.63, 3.8) is 0 Å². The van der Waals surface area contributed by atoms with Crippen LogP contribution in [0.4, 0.5) is 5.69 Å². The molecule has 2 saturated heterocycles. The first-order valence-corrected chi connectivity index (χ1v) is 9.87. The molecule has 8 nitrogen and oxygen atoms in total. The fraction of sp³-hybridized carbons (Fsp3) is 0.261. The lowest BCUT2D eigenvalue weighted by Gasteiger charge is -2.45. The molecule has 1 amide bonds. The van der Waals surface area contributed by atoms with Crippen LogP contribution in [0.2, 0.25) is 0 Å². The Morgan fingerprint density at radius 3 is 2.16 bits per heavy atom. The number of morpholine rings is 1. The van der Waals surface area contributed by atoms with Crippen molar-refractivity contribution in [2.45, 2.75) is 5.66 Å². The summed E-state index contributed by atoms with van der Waals surface area (Å²) in [5.41, 5.74) is -1.63. The number of ether oxygens (including phenoxy) is 2. The monoisotopic (exact) mass is 422 g/mol. The second-order valence-corrected chi connectivity index (χ2v) is 7.16. The average molecular weight is 422 g/mol. The molecule has 1 N–H and O–H groups in total. The summed E-state index contributed by atoms with van der Waals surface area (Å²) >= 11 is 0. The van der Waals surface area contributed by atoms with E-state index in [2.05, 4.69) is 0 Å². The number of aliphatic hydroxyl groups excluding tert-OH is 1. The van der Waals surface area contributed by atoms with E-state index in [1.165, 1.54) is 7.11 Å². The number of para-hydroxylation sites is 1. The predicted octanol–water partition coefficient (Wildman–Crippen LogP) is 1.77. The predicted molar refractivity (Wildman–Crippen MR) is 112 cm³/mol. The van der Waals surface area contributed by atoms with Crippen LogP contribution >= 0.6 is 0 Å². The van der Waals surface area contributed by atoms with Crippen LogP contribution in [0.5, 0.6) is 0 Å². The van der Waals surface area contributed by atoms with Crippen LogP contribution < -0.4 is 4.90 Å². The summed E-state index contributed by atoms with van der Waals surface area (Å²) in [5, 5.41) is 11.2. The number of nitrogens with zero attached hydrogens (tertiary/aromatic N) is 2. The van der Waals surface area contributed by atoms with Crippen LogP contribution in [0.15, 0.2) is 66.2 Å². The molecule has 2 aliphatic heterocycles. The number of amides is 1. The first kappa shape index (κ1) is 20.8. The number of anilines is 1. The van der Waals surface area contributed by atoms with E-state index in [1.54, 1.807) is 65.6 Å². The summed E-state index contributed by atoms with van der Waals surface area (Å²) in [6, 6.07) is 16.8. The highest BCUT2D eigenvalue weighted by molar-refractivity contribution is 6.54. The van der Waals surface area contributed by atoms with Gasteiger partial charge in [-0.3, -0.25) is 19.4 Å². The molecular formula is C23H22N2O6. The van der Waals surface area contributed by atoms with Gasteiger partial charge in [0.15, 0.2) is 0 Å². The minimum atomic E-state index is -1.96. The number of hydrogen-bond donors (Lipinski definition) is 1. The third-order valence-electron chi connectivity index (χ3n) is 5.53. The average Bonchev–Trinajstić information content (AvgIpc) is 3.07. The van der Waals surface area contributed by atoms with Crippen molar-refractivity contribution in [1.82, 2.24) is 4.90 Å². The van der Waals surface area contributed by atoms with Crippen LogP contribution in [0.1, 0.15) is 5.56 Å². The molecule has 8 heteroatoms. The maximum atomic E-state index is 13.5. The Morgan fingerprint density at radius 1 is 1.00 bits per heavy atom. The van der Waals surface area contributed by atoms with E-state index in [4.69, 9.17) is 9.47 Å². The molecule has 4 rings (SSSR count). The molecule has 0 saturated carbocycles. The molecule has 160 valence electrons. The van der Waals surface area contributed by atoms with Gasteiger partial charge in [0, 0.05) is 24.3 Å². The standard InChI is InChI=1S/C23H22N2O6/c1-30-22(29)23(24-12-14-31-15-13-24)18(19(26)16-8-4-2-5-9-16)20(27)21(28)25(23)17-10-6-3-7-11-17/h2-11,26H,12-15H2,1H3/t23-/m1/s1. The molecule has 1 atom stereocenters. The number of rotatable bonds is 4. The zero-order valence-corrected chi connectivity index (χ0v) is 17.0. The van der Waals surface area contributed by atoms with Crippen molar-refractivity contribution < 1.29 is 29.0 Å². The number of carbonyl (C=O) groups is 3. The Bertz CT molecular complexity index is 1030. The van der Waals surface area contributed by atoms with Crippen LogP contribution in [-0.4, -0.2) is 66.7 Å². The molecule has 0 unspecified atom stereocenters. The molecule has 2 fully saturated rings. The minimum Gasteiger partial charge on any atom is -0.507 e. The summed E-state index contributed by atoms with van der Waals surface area (Å²) in [5.74, 6) is -3.15. The van der Waals surface area contributed by atoms with Gasteiger partial charge in [-0.05, 0) is 12.1 Å². The van der Waals surface area contributed by atoms with E-state index in [-0.39, 0.29) is 18.7 Å². The van der Waals surface area contributed by atoms with Gasteiger partial charge in [0.2, 0.25) is 5.66 Å². The molecule has 0 radical (unpaired) electrons. The Labute approximate surface area is 179 Å². The smallest absolute Gasteiger partial charge is 0.352 e. The maximum Gasteiger partial charge on any atom is 0.352 e. The number of carbonyl (C=O) groups excluding carboxylic acids is 3. The molecule has 0 aliphatic carbocycles. The zero-order chi connectivity index (χ0) is 22.0. The highest BCUT2D eigenvalue weighted by atomic mass is 16.5. The highest BCUT2D eigenvalue weighted by Crippen LogP contribution is 2.44. The Morgan fingerprint density at radius 2 is 1.58 bits per heavy atom. The van der Waals surface area contributed by atoms with Gasteiger partial charge in [-0.15, -0.1) is 0 Å². The lowest BCUT2D eigenvalue weighted by atomic mass is 9.92. The van der Waals surface area contributed by atoms with E-state index < -0.39 is 29.1 Å². The first-order valence-electron chi connectivity index (χ1n) is 9.87. The van der Waals surface area contributed by atoms with Crippen molar-refractivity contribution in [3.8, 4) is 0 Å². The quantitative estimate of drug-likeness (QED) is 0.347. The second-order valence-electron chi connectivity index (χ2n) is 7.16. The van der Waals surface area contributed by atoms with Gasteiger partial charge in [-0.2, -0.15) is 0 Å². The summed E-state index contributed by atoms with van der Waals surface area (Å²) in [7, 11) is 1.19. The SMILES string of the molecule is COC(=O)[C@@]1(N2CCOCC2)C(=C(O)c2ccccc2)C(=O)C(=O)N1c1ccccc1.